The molecule has 0 amide bonds. The first-order valence-electron chi connectivity index (χ1n) is 8.14. The van der Waals surface area contributed by atoms with Crippen molar-refractivity contribution in [2.45, 2.75) is 63.7 Å². The van der Waals surface area contributed by atoms with Crippen LogP contribution >= 0.6 is 0 Å². The Balaban J connectivity index is 1.76. The quantitative estimate of drug-likeness (QED) is 0.777. The summed E-state index contributed by atoms with van der Waals surface area (Å²) in [5.74, 6) is 5.08. The van der Waals surface area contributed by atoms with Gasteiger partial charge in [-0.05, 0) is 62.3 Å². The molecule has 0 aliphatic heterocycles. The predicted octanol–water partition coefficient (Wildman–Crippen LogP) is 4.74. The zero-order valence-corrected chi connectivity index (χ0v) is 12.5. The number of hydrogen-bond acceptors (Lipinski definition) is 2. The first-order chi connectivity index (χ1) is 9.59. The molecular formula is C18H23NO. The van der Waals surface area contributed by atoms with Gasteiger partial charge in [0.15, 0.2) is 0 Å². The van der Waals surface area contributed by atoms with Crippen molar-refractivity contribution in [1.82, 2.24) is 0 Å². The molecule has 0 spiro atoms. The van der Waals surface area contributed by atoms with Crippen LogP contribution in [0.3, 0.4) is 0 Å². The summed E-state index contributed by atoms with van der Waals surface area (Å²) in [6.07, 6.45) is 8.24. The van der Waals surface area contributed by atoms with Gasteiger partial charge in [-0.1, -0.05) is 13.8 Å². The van der Waals surface area contributed by atoms with Gasteiger partial charge in [0.05, 0.1) is 5.56 Å². The van der Waals surface area contributed by atoms with Crippen molar-refractivity contribution in [3.63, 3.8) is 0 Å². The molecule has 5 rings (SSSR count). The van der Waals surface area contributed by atoms with Gasteiger partial charge in [-0.25, -0.2) is 0 Å². The van der Waals surface area contributed by atoms with Gasteiger partial charge >= 0.3 is 0 Å². The molecule has 0 N–H and O–H groups in total. The first-order valence-corrected chi connectivity index (χ1v) is 8.14. The van der Waals surface area contributed by atoms with Gasteiger partial charge in [0.25, 0.3) is 0 Å². The summed E-state index contributed by atoms with van der Waals surface area (Å²) in [7, 11) is 0. The molecule has 20 heavy (non-hydrogen) atoms. The van der Waals surface area contributed by atoms with Crippen LogP contribution in [0.25, 0.3) is 0 Å². The van der Waals surface area contributed by atoms with Crippen molar-refractivity contribution in [1.29, 1.82) is 5.26 Å². The van der Waals surface area contributed by atoms with Crippen molar-refractivity contribution in [2.24, 2.45) is 17.8 Å². The van der Waals surface area contributed by atoms with E-state index in [9.17, 15) is 5.26 Å². The number of hydrogen-bond donors (Lipinski definition) is 0. The maximum atomic E-state index is 9.35. The van der Waals surface area contributed by atoms with Gasteiger partial charge in [0.2, 0.25) is 0 Å². The Kier molecular flexibility index (Phi) is 2.58. The summed E-state index contributed by atoms with van der Waals surface area (Å²) in [6.45, 7) is 4.23. The first kappa shape index (κ1) is 12.5. The standard InChI is InChI=1S/C18H23NO/c1-11(2)17-15(10-19)6-16(20-17)18-7-12-3-13(8-18)5-14(4-12)9-18/h6,11-14H,3-5,7-9H2,1-2H3. The summed E-state index contributed by atoms with van der Waals surface area (Å²) >= 11 is 0. The molecule has 0 unspecified atom stereocenters. The Labute approximate surface area is 121 Å². The van der Waals surface area contributed by atoms with Crippen LogP contribution in [-0.2, 0) is 5.41 Å². The van der Waals surface area contributed by atoms with Crippen LogP contribution in [0.1, 0.15) is 75.4 Å². The van der Waals surface area contributed by atoms with Crippen molar-refractivity contribution >= 4 is 0 Å². The second kappa shape index (κ2) is 4.13. The van der Waals surface area contributed by atoms with E-state index in [0.717, 1.165) is 34.8 Å². The minimum absolute atomic E-state index is 0.271. The van der Waals surface area contributed by atoms with E-state index in [2.05, 4.69) is 26.0 Å². The third-order valence-electron chi connectivity index (χ3n) is 5.97. The van der Waals surface area contributed by atoms with E-state index < -0.39 is 0 Å². The van der Waals surface area contributed by atoms with Crippen molar-refractivity contribution in [2.75, 3.05) is 0 Å². The molecule has 4 aliphatic rings. The van der Waals surface area contributed by atoms with E-state index in [-0.39, 0.29) is 5.41 Å². The smallest absolute Gasteiger partial charge is 0.124 e. The highest BCUT2D eigenvalue weighted by Gasteiger charge is 2.53. The number of rotatable bonds is 2. The minimum Gasteiger partial charge on any atom is -0.464 e. The molecule has 1 aromatic rings. The fourth-order valence-electron chi connectivity index (χ4n) is 5.60. The molecule has 4 fully saturated rings. The minimum atomic E-state index is 0.271. The lowest BCUT2D eigenvalue weighted by atomic mass is 9.49. The van der Waals surface area contributed by atoms with E-state index >= 15 is 0 Å². The summed E-state index contributed by atoms with van der Waals surface area (Å²) in [4.78, 5) is 0. The molecule has 0 radical (unpaired) electrons. The molecule has 2 heteroatoms. The number of nitriles is 1. The highest BCUT2D eigenvalue weighted by Crippen LogP contribution is 2.61. The lowest BCUT2D eigenvalue weighted by molar-refractivity contribution is -0.0156. The lowest BCUT2D eigenvalue weighted by Gasteiger charge is -2.55. The molecule has 1 aromatic heterocycles. The zero-order chi connectivity index (χ0) is 13.9. The molecule has 1 heterocycles. The average Bonchev–Trinajstić information content (AvgIpc) is 2.82. The van der Waals surface area contributed by atoms with Crippen LogP contribution in [0.5, 0.6) is 0 Å². The van der Waals surface area contributed by atoms with Crippen LogP contribution in [0, 0.1) is 29.1 Å². The zero-order valence-electron chi connectivity index (χ0n) is 12.5. The summed E-state index contributed by atoms with van der Waals surface area (Å²) in [6, 6.07) is 4.41. The second-order valence-electron chi connectivity index (χ2n) is 7.85. The van der Waals surface area contributed by atoms with Gasteiger partial charge in [-0.3, -0.25) is 0 Å². The van der Waals surface area contributed by atoms with E-state index in [4.69, 9.17) is 4.42 Å². The Hall–Kier alpha value is -1.23. The Morgan fingerprint density at radius 1 is 1.15 bits per heavy atom. The van der Waals surface area contributed by atoms with Crippen molar-refractivity contribution in [3.05, 3.63) is 23.2 Å². The second-order valence-corrected chi connectivity index (χ2v) is 7.85. The molecule has 4 saturated carbocycles. The monoisotopic (exact) mass is 269 g/mol. The number of furan rings is 1. The van der Waals surface area contributed by atoms with Crippen molar-refractivity contribution in [3.8, 4) is 6.07 Å². The highest BCUT2D eigenvalue weighted by atomic mass is 16.3. The maximum absolute atomic E-state index is 9.35. The van der Waals surface area contributed by atoms with Crippen molar-refractivity contribution < 1.29 is 4.42 Å². The molecule has 4 bridgehead atoms. The van der Waals surface area contributed by atoms with Crippen LogP contribution in [0.2, 0.25) is 0 Å². The highest BCUT2D eigenvalue weighted by molar-refractivity contribution is 5.38. The SMILES string of the molecule is CC(C)c1oc(C23CC4CC(CC(C4)C2)C3)cc1C#N. The third-order valence-corrected chi connectivity index (χ3v) is 5.97. The third kappa shape index (κ3) is 1.68. The molecule has 0 aromatic carbocycles. The van der Waals surface area contributed by atoms with Crippen LogP contribution in [0.15, 0.2) is 10.5 Å². The fraction of sp³-hybridized carbons (Fsp3) is 0.722. The van der Waals surface area contributed by atoms with E-state index in [1.165, 1.54) is 38.5 Å². The lowest BCUT2D eigenvalue weighted by Crippen LogP contribution is -2.48. The predicted molar refractivity (Wildman–Crippen MR) is 77.4 cm³/mol. The molecule has 2 nitrogen and oxygen atoms in total. The topological polar surface area (TPSA) is 36.9 Å². The Morgan fingerprint density at radius 3 is 2.10 bits per heavy atom. The fourth-order valence-corrected chi connectivity index (χ4v) is 5.60. The molecule has 0 saturated heterocycles. The van der Waals surface area contributed by atoms with E-state index in [1.807, 2.05) is 0 Å². The summed E-state index contributed by atoms with van der Waals surface area (Å²) in [5.41, 5.74) is 1.04. The van der Waals surface area contributed by atoms with Gasteiger partial charge < -0.3 is 4.42 Å². The van der Waals surface area contributed by atoms with Crippen LogP contribution < -0.4 is 0 Å². The maximum Gasteiger partial charge on any atom is 0.124 e. The van der Waals surface area contributed by atoms with Gasteiger partial charge in [-0.15, -0.1) is 0 Å². The van der Waals surface area contributed by atoms with Gasteiger partial charge in [-0.2, -0.15) is 5.26 Å². The normalized spacial score (nSPS) is 38.4. The average molecular weight is 269 g/mol. The summed E-state index contributed by atoms with van der Waals surface area (Å²) < 4.78 is 6.23. The van der Waals surface area contributed by atoms with Gasteiger partial charge in [0, 0.05) is 11.3 Å². The van der Waals surface area contributed by atoms with Crippen LogP contribution in [-0.4, -0.2) is 0 Å². The van der Waals surface area contributed by atoms with Crippen LogP contribution in [0.4, 0.5) is 0 Å². The molecule has 4 aliphatic carbocycles. The number of nitrogens with zero attached hydrogens (tertiary/aromatic N) is 1. The Bertz CT molecular complexity index is 539. The van der Waals surface area contributed by atoms with E-state index in [1.54, 1.807) is 0 Å². The van der Waals surface area contributed by atoms with Gasteiger partial charge in [0.1, 0.15) is 17.6 Å². The molecular weight excluding hydrogens is 246 g/mol. The van der Waals surface area contributed by atoms with E-state index in [0.29, 0.717) is 5.92 Å². The largest absolute Gasteiger partial charge is 0.464 e. The Morgan fingerprint density at radius 2 is 1.70 bits per heavy atom. The summed E-state index contributed by atoms with van der Waals surface area (Å²) in [5, 5.41) is 9.35. The molecule has 106 valence electrons. The molecule has 0 atom stereocenters.